The van der Waals surface area contributed by atoms with Crippen LogP contribution in [0.25, 0.3) is 0 Å². The van der Waals surface area contributed by atoms with E-state index in [0.29, 0.717) is 11.8 Å². The van der Waals surface area contributed by atoms with Crippen molar-refractivity contribution in [2.45, 2.75) is 57.9 Å². The van der Waals surface area contributed by atoms with Crippen molar-refractivity contribution < 1.29 is 9.90 Å². The molecular formula is C14H27NO2S. The zero-order chi connectivity index (χ0) is 13.2. The molecule has 0 spiro atoms. The van der Waals surface area contributed by atoms with Gasteiger partial charge in [0.25, 0.3) is 0 Å². The largest absolute Gasteiger partial charge is 0.396 e. The van der Waals surface area contributed by atoms with Gasteiger partial charge >= 0.3 is 0 Å². The molecule has 0 aliphatic heterocycles. The minimum absolute atomic E-state index is 0.163. The molecule has 4 heteroatoms. The van der Waals surface area contributed by atoms with Crippen LogP contribution >= 0.6 is 11.8 Å². The lowest BCUT2D eigenvalue weighted by atomic mass is 9.97. The van der Waals surface area contributed by atoms with Crippen molar-refractivity contribution in [2.24, 2.45) is 5.92 Å². The molecule has 1 saturated carbocycles. The summed E-state index contributed by atoms with van der Waals surface area (Å²) in [6, 6.07) is 0.397. The summed E-state index contributed by atoms with van der Waals surface area (Å²) in [5, 5.41) is 12.1. The van der Waals surface area contributed by atoms with E-state index in [1.54, 1.807) is 11.8 Å². The molecule has 1 amide bonds. The van der Waals surface area contributed by atoms with Gasteiger partial charge in [-0.25, -0.2) is 0 Å². The monoisotopic (exact) mass is 273 g/mol. The molecule has 3 nitrogen and oxygen atoms in total. The number of amides is 1. The van der Waals surface area contributed by atoms with Gasteiger partial charge in [0.05, 0.1) is 5.75 Å². The fourth-order valence-electron chi connectivity index (χ4n) is 2.28. The number of nitrogens with one attached hydrogen (secondary N) is 1. The molecule has 2 N–H and O–H groups in total. The van der Waals surface area contributed by atoms with Crippen LogP contribution in [0.15, 0.2) is 0 Å². The van der Waals surface area contributed by atoms with E-state index in [-0.39, 0.29) is 18.4 Å². The normalized spacial score (nSPS) is 19.9. The summed E-state index contributed by atoms with van der Waals surface area (Å²) in [7, 11) is 0. The summed E-state index contributed by atoms with van der Waals surface area (Å²) in [5.74, 6) is 1.83. The second-order valence-corrected chi connectivity index (χ2v) is 6.44. The van der Waals surface area contributed by atoms with E-state index in [1.165, 1.54) is 32.1 Å². The van der Waals surface area contributed by atoms with Crippen molar-refractivity contribution in [1.82, 2.24) is 5.32 Å². The number of carbonyl (C=O) groups excluding carboxylic acids is 1. The van der Waals surface area contributed by atoms with Gasteiger partial charge in [0.2, 0.25) is 5.91 Å². The molecule has 18 heavy (non-hydrogen) atoms. The Kier molecular flexibility index (Phi) is 8.51. The van der Waals surface area contributed by atoms with E-state index in [1.807, 2.05) is 6.92 Å². The van der Waals surface area contributed by atoms with Crippen LogP contribution in [0, 0.1) is 5.92 Å². The van der Waals surface area contributed by atoms with Gasteiger partial charge in [-0.1, -0.05) is 39.0 Å². The van der Waals surface area contributed by atoms with Gasteiger partial charge in [-0.3, -0.25) is 4.79 Å². The molecule has 0 aromatic rings. The minimum Gasteiger partial charge on any atom is -0.396 e. The first-order chi connectivity index (χ1) is 8.72. The van der Waals surface area contributed by atoms with Crippen molar-refractivity contribution in [3.8, 4) is 0 Å². The maximum atomic E-state index is 11.8. The summed E-state index contributed by atoms with van der Waals surface area (Å²) in [4.78, 5) is 11.8. The van der Waals surface area contributed by atoms with Crippen molar-refractivity contribution in [1.29, 1.82) is 0 Å². The van der Waals surface area contributed by atoms with Crippen LogP contribution in [0.4, 0.5) is 0 Å². The maximum Gasteiger partial charge on any atom is 0.230 e. The fraction of sp³-hybridized carbons (Fsp3) is 0.929. The number of aliphatic hydroxyl groups excluding tert-OH is 1. The Labute approximate surface area is 115 Å². The van der Waals surface area contributed by atoms with Crippen LogP contribution in [0.2, 0.25) is 0 Å². The van der Waals surface area contributed by atoms with Crippen molar-refractivity contribution in [3.05, 3.63) is 0 Å². The Balaban J connectivity index is 2.13. The van der Waals surface area contributed by atoms with Crippen molar-refractivity contribution in [3.63, 3.8) is 0 Å². The third-order valence-corrected chi connectivity index (χ3v) is 4.69. The highest BCUT2D eigenvalue weighted by atomic mass is 32.2. The van der Waals surface area contributed by atoms with E-state index in [0.717, 1.165) is 18.6 Å². The summed E-state index contributed by atoms with van der Waals surface area (Å²) >= 11 is 1.62. The summed E-state index contributed by atoms with van der Waals surface area (Å²) in [6.07, 6.45) is 8.77. The molecule has 1 aliphatic rings. The molecule has 0 saturated heterocycles. The zero-order valence-corrected chi connectivity index (χ0v) is 12.3. The lowest BCUT2D eigenvalue weighted by Crippen LogP contribution is -2.36. The van der Waals surface area contributed by atoms with Gasteiger partial charge in [0.1, 0.15) is 0 Å². The molecule has 1 fully saturated rings. The first kappa shape index (κ1) is 15.8. The average Bonchev–Trinajstić information content (AvgIpc) is 2.32. The predicted octanol–water partition coefficient (Wildman–Crippen LogP) is 2.58. The van der Waals surface area contributed by atoms with E-state index in [2.05, 4.69) is 5.32 Å². The van der Waals surface area contributed by atoms with E-state index in [9.17, 15) is 4.79 Å². The average molecular weight is 273 g/mol. The fourth-order valence-corrected chi connectivity index (χ4v) is 3.17. The minimum atomic E-state index is 0.163. The third kappa shape index (κ3) is 7.27. The molecule has 0 aromatic heterocycles. The van der Waals surface area contributed by atoms with Crippen molar-refractivity contribution in [2.75, 3.05) is 18.1 Å². The lowest BCUT2D eigenvalue weighted by molar-refractivity contribution is -0.119. The summed E-state index contributed by atoms with van der Waals surface area (Å²) < 4.78 is 0. The van der Waals surface area contributed by atoms with Crippen LogP contribution in [0.5, 0.6) is 0 Å². The number of hydrogen-bond donors (Lipinski definition) is 2. The van der Waals surface area contributed by atoms with Crippen LogP contribution in [-0.4, -0.2) is 35.2 Å². The smallest absolute Gasteiger partial charge is 0.230 e. The second kappa shape index (κ2) is 9.68. The quantitative estimate of drug-likeness (QED) is 0.782. The Morgan fingerprint density at radius 1 is 1.28 bits per heavy atom. The molecule has 1 unspecified atom stereocenters. The first-order valence-corrected chi connectivity index (χ1v) is 8.35. The summed E-state index contributed by atoms with van der Waals surface area (Å²) in [5.41, 5.74) is 0. The molecule has 0 heterocycles. The van der Waals surface area contributed by atoms with E-state index in [4.69, 9.17) is 5.11 Å². The van der Waals surface area contributed by atoms with Crippen LogP contribution in [0.3, 0.4) is 0 Å². The number of hydrogen-bond acceptors (Lipinski definition) is 3. The van der Waals surface area contributed by atoms with Crippen LogP contribution in [-0.2, 0) is 4.79 Å². The molecule has 0 bridgehead atoms. The Morgan fingerprint density at radius 2 is 1.89 bits per heavy atom. The SMILES string of the molecule is CC(CO)CSCC(=O)NC1CCCCCCC1. The molecule has 1 aliphatic carbocycles. The number of rotatable bonds is 6. The molecular weight excluding hydrogens is 246 g/mol. The van der Waals surface area contributed by atoms with Gasteiger partial charge in [-0.15, -0.1) is 0 Å². The van der Waals surface area contributed by atoms with Gasteiger partial charge in [-0.05, 0) is 24.5 Å². The lowest BCUT2D eigenvalue weighted by Gasteiger charge is -2.21. The maximum absolute atomic E-state index is 11.8. The molecule has 1 rings (SSSR count). The van der Waals surface area contributed by atoms with E-state index >= 15 is 0 Å². The van der Waals surface area contributed by atoms with E-state index < -0.39 is 0 Å². The van der Waals surface area contributed by atoms with Crippen LogP contribution < -0.4 is 5.32 Å². The highest BCUT2D eigenvalue weighted by Crippen LogP contribution is 2.17. The highest BCUT2D eigenvalue weighted by Gasteiger charge is 2.14. The Hall–Kier alpha value is -0.220. The van der Waals surface area contributed by atoms with Gasteiger partial charge in [0, 0.05) is 12.6 Å². The Morgan fingerprint density at radius 3 is 2.50 bits per heavy atom. The molecule has 1 atom stereocenters. The second-order valence-electron chi connectivity index (χ2n) is 5.41. The van der Waals surface area contributed by atoms with Gasteiger partial charge < -0.3 is 10.4 Å². The molecule has 106 valence electrons. The standard InChI is InChI=1S/C14H27NO2S/c1-12(9-16)10-18-11-14(17)15-13-7-5-3-2-4-6-8-13/h12-13,16H,2-11H2,1H3,(H,15,17). The first-order valence-electron chi connectivity index (χ1n) is 7.20. The number of thioether (sulfide) groups is 1. The number of aliphatic hydroxyl groups is 1. The number of carbonyl (C=O) groups is 1. The van der Waals surface area contributed by atoms with Crippen molar-refractivity contribution >= 4 is 17.7 Å². The topological polar surface area (TPSA) is 49.3 Å². The third-order valence-electron chi connectivity index (χ3n) is 3.42. The molecule has 0 radical (unpaired) electrons. The zero-order valence-electron chi connectivity index (χ0n) is 11.5. The van der Waals surface area contributed by atoms with Gasteiger partial charge in [-0.2, -0.15) is 11.8 Å². The predicted molar refractivity (Wildman–Crippen MR) is 77.8 cm³/mol. The summed E-state index contributed by atoms with van der Waals surface area (Å²) in [6.45, 7) is 2.21. The van der Waals surface area contributed by atoms with Crippen LogP contribution in [0.1, 0.15) is 51.9 Å². The van der Waals surface area contributed by atoms with Gasteiger partial charge in [0.15, 0.2) is 0 Å². The highest BCUT2D eigenvalue weighted by molar-refractivity contribution is 7.99. The molecule has 0 aromatic carbocycles. The Bertz CT molecular complexity index is 228.